The largest absolute Gasteiger partial charge is 0.444 e. The summed E-state index contributed by atoms with van der Waals surface area (Å²) in [6.45, 7) is 3.02. The van der Waals surface area contributed by atoms with Crippen molar-refractivity contribution in [3.05, 3.63) is 29.8 Å². The molecule has 2 fully saturated rings. The lowest BCUT2D eigenvalue weighted by Crippen LogP contribution is -2.60. The van der Waals surface area contributed by atoms with Gasteiger partial charge in [-0.3, -0.25) is 9.69 Å². The molecular weight excluding hydrogens is 372 g/mol. The fourth-order valence-electron chi connectivity index (χ4n) is 3.83. The molecule has 2 bridgehead atoms. The number of ketones is 1. The molecular formula is C20H25F2NO5. The van der Waals surface area contributed by atoms with E-state index in [2.05, 4.69) is 4.74 Å². The van der Waals surface area contributed by atoms with E-state index in [1.54, 1.807) is 37.8 Å². The van der Waals surface area contributed by atoms with Gasteiger partial charge in [-0.1, -0.05) is 12.1 Å². The highest BCUT2D eigenvalue weighted by molar-refractivity contribution is 6.00. The predicted octanol–water partition coefficient (Wildman–Crippen LogP) is 3.89. The Morgan fingerprint density at radius 2 is 1.75 bits per heavy atom. The average Bonchev–Trinajstić information content (AvgIpc) is 2.58. The molecule has 1 amide bonds. The first kappa shape index (κ1) is 20.5. The van der Waals surface area contributed by atoms with Crippen molar-refractivity contribution in [1.29, 1.82) is 0 Å². The molecule has 0 saturated carbocycles. The Morgan fingerprint density at radius 3 is 2.32 bits per heavy atom. The van der Waals surface area contributed by atoms with Crippen LogP contribution in [0, 0.1) is 5.92 Å². The summed E-state index contributed by atoms with van der Waals surface area (Å²) in [5.41, 5.74) is -0.484. The Balaban J connectivity index is 1.77. The summed E-state index contributed by atoms with van der Waals surface area (Å²) in [5, 5.41) is 0. The fraction of sp³-hybridized carbons (Fsp3) is 0.600. The number of fused-ring (bicyclic) bond motifs is 2. The van der Waals surface area contributed by atoms with Gasteiger partial charge in [-0.05, 0) is 45.7 Å². The van der Waals surface area contributed by atoms with E-state index in [-0.39, 0.29) is 29.2 Å². The first-order chi connectivity index (χ1) is 13.2. The van der Waals surface area contributed by atoms with Gasteiger partial charge in [0.15, 0.2) is 5.78 Å². The molecule has 1 aromatic rings. The molecule has 0 N–H and O–H groups in total. The molecule has 0 aromatic heterocycles. The van der Waals surface area contributed by atoms with Crippen LogP contribution < -0.4 is 4.74 Å². The molecule has 2 aliphatic rings. The maximum absolute atomic E-state index is 13.0. The highest BCUT2D eigenvalue weighted by Crippen LogP contribution is 2.36. The fourth-order valence-corrected chi connectivity index (χ4v) is 3.83. The van der Waals surface area contributed by atoms with E-state index in [9.17, 15) is 18.4 Å². The van der Waals surface area contributed by atoms with Crippen LogP contribution in [0.5, 0.6) is 5.75 Å². The second-order valence-corrected chi connectivity index (χ2v) is 8.14. The molecule has 6 nitrogen and oxygen atoms in total. The smallest absolute Gasteiger partial charge is 0.410 e. The van der Waals surface area contributed by atoms with Crippen LogP contribution in [0.2, 0.25) is 0 Å². The number of hydrogen-bond acceptors (Lipinski definition) is 5. The molecule has 2 saturated heterocycles. The Morgan fingerprint density at radius 1 is 1.14 bits per heavy atom. The number of Topliss-reactive ketones (excluding diaryl/α,β-unsaturated/α-hetero) is 1. The topological polar surface area (TPSA) is 65.1 Å². The van der Waals surface area contributed by atoms with E-state index in [1.165, 1.54) is 12.1 Å². The molecule has 0 spiro atoms. The summed E-state index contributed by atoms with van der Waals surface area (Å²) in [6, 6.07) is 5.43. The summed E-state index contributed by atoms with van der Waals surface area (Å²) >= 11 is 0. The number of hydrogen-bond donors (Lipinski definition) is 0. The molecule has 0 aliphatic carbocycles. The van der Waals surface area contributed by atoms with Gasteiger partial charge >= 0.3 is 12.7 Å². The molecule has 0 radical (unpaired) electrons. The first-order valence-electron chi connectivity index (χ1n) is 9.33. The Labute approximate surface area is 162 Å². The number of morpholine rings is 1. The third-order valence-corrected chi connectivity index (χ3v) is 4.86. The molecule has 2 heterocycles. The van der Waals surface area contributed by atoms with Crippen molar-refractivity contribution >= 4 is 11.9 Å². The van der Waals surface area contributed by atoms with Crippen LogP contribution in [0.3, 0.4) is 0 Å². The van der Waals surface area contributed by atoms with E-state index < -0.39 is 24.2 Å². The lowest BCUT2D eigenvalue weighted by atomic mass is 9.80. The number of nitrogens with zero attached hydrogens (tertiary/aromatic N) is 1. The standard InChI is InChI=1S/C20H25F2NO5/c1-20(2,3)28-19(25)23-13-8-12(9-14(23)11-26-10-13)17(24)15-6-4-5-7-16(15)27-18(21)22/h4-7,12-14,18H,8-11H2,1-3H3. The Bertz CT molecular complexity index is 720. The van der Waals surface area contributed by atoms with Gasteiger partial charge in [0, 0.05) is 5.92 Å². The molecule has 3 rings (SSSR count). The quantitative estimate of drug-likeness (QED) is 0.722. The first-order valence-corrected chi connectivity index (χ1v) is 9.33. The van der Waals surface area contributed by atoms with Crippen molar-refractivity contribution in [2.24, 2.45) is 5.92 Å². The van der Waals surface area contributed by atoms with Crippen LogP contribution in [0.1, 0.15) is 44.0 Å². The molecule has 2 atom stereocenters. The summed E-state index contributed by atoms with van der Waals surface area (Å²) < 4.78 is 40.9. The van der Waals surface area contributed by atoms with Crippen molar-refractivity contribution in [2.75, 3.05) is 13.2 Å². The lowest BCUT2D eigenvalue weighted by Gasteiger charge is -2.47. The number of ether oxygens (including phenoxy) is 3. The van der Waals surface area contributed by atoms with Crippen LogP contribution in [0.25, 0.3) is 0 Å². The minimum absolute atomic E-state index is 0.126. The van der Waals surface area contributed by atoms with Gasteiger partial charge < -0.3 is 14.2 Å². The maximum Gasteiger partial charge on any atom is 0.410 e. The van der Waals surface area contributed by atoms with Crippen LogP contribution in [0.4, 0.5) is 13.6 Å². The monoisotopic (exact) mass is 397 g/mol. The summed E-state index contributed by atoms with van der Waals surface area (Å²) in [4.78, 5) is 27.3. The number of alkyl halides is 2. The zero-order valence-corrected chi connectivity index (χ0v) is 16.2. The number of benzene rings is 1. The third-order valence-electron chi connectivity index (χ3n) is 4.86. The second-order valence-electron chi connectivity index (χ2n) is 8.14. The molecule has 154 valence electrons. The van der Waals surface area contributed by atoms with Gasteiger partial charge in [-0.15, -0.1) is 0 Å². The number of halogens is 2. The van der Waals surface area contributed by atoms with Crippen molar-refractivity contribution in [1.82, 2.24) is 4.90 Å². The number of piperidine rings is 1. The summed E-state index contributed by atoms with van der Waals surface area (Å²) in [7, 11) is 0. The van der Waals surface area contributed by atoms with E-state index in [0.717, 1.165) is 0 Å². The third kappa shape index (κ3) is 4.60. The van der Waals surface area contributed by atoms with Crippen molar-refractivity contribution < 1.29 is 32.6 Å². The van der Waals surface area contributed by atoms with Gasteiger partial charge in [0.25, 0.3) is 0 Å². The van der Waals surface area contributed by atoms with Gasteiger partial charge in [0.1, 0.15) is 11.4 Å². The van der Waals surface area contributed by atoms with Crippen LogP contribution in [-0.2, 0) is 9.47 Å². The highest BCUT2D eigenvalue weighted by Gasteiger charge is 2.45. The molecule has 2 unspecified atom stereocenters. The number of carbonyl (C=O) groups excluding carboxylic acids is 2. The van der Waals surface area contributed by atoms with E-state index in [4.69, 9.17) is 9.47 Å². The zero-order chi connectivity index (χ0) is 20.5. The van der Waals surface area contributed by atoms with Crippen molar-refractivity contribution in [2.45, 2.75) is 57.9 Å². The molecule has 8 heteroatoms. The highest BCUT2D eigenvalue weighted by atomic mass is 19.3. The maximum atomic E-state index is 13.0. The van der Waals surface area contributed by atoms with Gasteiger partial charge in [-0.25, -0.2) is 4.79 Å². The molecule has 28 heavy (non-hydrogen) atoms. The van der Waals surface area contributed by atoms with Crippen LogP contribution in [-0.4, -0.2) is 54.3 Å². The van der Waals surface area contributed by atoms with Crippen molar-refractivity contribution in [3.63, 3.8) is 0 Å². The van der Waals surface area contributed by atoms with Gasteiger partial charge in [0.05, 0.1) is 30.9 Å². The summed E-state index contributed by atoms with van der Waals surface area (Å²) in [5.74, 6) is -0.782. The number of rotatable bonds is 4. The predicted molar refractivity (Wildman–Crippen MR) is 96.6 cm³/mol. The van der Waals surface area contributed by atoms with Crippen LogP contribution >= 0.6 is 0 Å². The minimum atomic E-state index is -3.00. The number of amides is 1. The normalized spacial score (nSPS) is 24.8. The SMILES string of the molecule is CC(C)(C)OC(=O)N1C2COCC1CC(C(=O)c1ccccc1OC(F)F)C2. The number of para-hydroxylation sites is 1. The van der Waals surface area contributed by atoms with Gasteiger partial charge in [0.2, 0.25) is 0 Å². The lowest BCUT2D eigenvalue weighted by molar-refractivity contribution is -0.0862. The van der Waals surface area contributed by atoms with E-state index >= 15 is 0 Å². The Kier molecular flexibility index (Phi) is 5.88. The van der Waals surface area contributed by atoms with E-state index in [1.807, 2.05) is 0 Å². The number of carbonyl (C=O) groups is 2. The molecule has 2 aliphatic heterocycles. The Hall–Kier alpha value is -2.22. The van der Waals surface area contributed by atoms with Crippen molar-refractivity contribution in [3.8, 4) is 5.75 Å². The van der Waals surface area contributed by atoms with E-state index in [0.29, 0.717) is 26.1 Å². The molecule has 1 aromatic carbocycles. The second kappa shape index (κ2) is 8.03. The average molecular weight is 397 g/mol. The zero-order valence-electron chi connectivity index (χ0n) is 16.2. The van der Waals surface area contributed by atoms with Gasteiger partial charge in [-0.2, -0.15) is 8.78 Å². The minimum Gasteiger partial charge on any atom is -0.444 e. The van der Waals surface area contributed by atoms with Crippen LogP contribution in [0.15, 0.2) is 24.3 Å². The summed E-state index contributed by atoms with van der Waals surface area (Å²) in [6.07, 6.45) is 0.355.